The summed E-state index contributed by atoms with van der Waals surface area (Å²) in [5.41, 5.74) is 0.836. The van der Waals surface area contributed by atoms with Crippen LogP contribution >= 0.6 is 11.6 Å². The van der Waals surface area contributed by atoms with E-state index in [0.717, 1.165) is 24.8 Å². The molecule has 0 saturated carbocycles. The average Bonchev–Trinajstić information content (AvgIpc) is 2.52. The molecular weight excluding hydrogens is 330 g/mol. The topological polar surface area (TPSA) is 55.8 Å². The SMILES string of the molecule is Cc1cc(Cl)ccc1OCC(=O)OCC(=O)N1C(C)CCCC1C. The Kier molecular flexibility index (Phi) is 6.49. The monoisotopic (exact) mass is 353 g/mol. The van der Waals surface area contributed by atoms with Gasteiger partial charge in [0.25, 0.3) is 5.91 Å². The van der Waals surface area contributed by atoms with Gasteiger partial charge in [0.2, 0.25) is 0 Å². The van der Waals surface area contributed by atoms with Crippen LogP contribution in [0.25, 0.3) is 0 Å². The van der Waals surface area contributed by atoms with Crippen molar-refractivity contribution in [3.63, 3.8) is 0 Å². The number of carbonyl (C=O) groups excluding carboxylic acids is 2. The molecule has 5 nitrogen and oxygen atoms in total. The second kappa shape index (κ2) is 8.38. The van der Waals surface area contributed by atoms with Gasteiger partial charge < -0.3 is 14.4 Å². The summed E-state index contributed by atoms with van der Waals surface area (Å²) in [5, 5.41) is 0.609. The van der Waals surface area contributed by atoms with Crippen LogP contribution in [0.5, 0.6) is 5.75 Å². The molecule has 0 aromatic heterocycles. The van der Waals surface area contributed by atoms with E-state index in [0.29, 0.717) is 10.8 Å². The first-order chi connectivity index (χ1) is 11.4. The van der Waals surface area contributed by atoms with Crippen molar-refractivity contribution in [3.05, 3.63) is 28.8 Å². The Morgan fingerprint density at radius 1 is 1.21 bits per heavy atom. The lowest BCUT2D eigenvalue weighted by molar-refractivity contribution is -0.156. The Hall–Kier alpha value is -1.75. The summed E-state index contributed by atoms with van der Waals surface area (Å²) in [6.45, 7) is 5.43. The Morgan fingerprint density at radius 2 is 1.88 bits per heavy atom. The molecule has 0 spiro atoms. The number of aryl methyl sites for hydroxylation is 1. The van der Waals surface area contributed by atoms with Crippen LogP contribution in [0.1, 0.15) is 38.7 Å². The van der Waals surface area contributed by atoms with Crippen LogP contribution in [0.4, 0.5) is 0 Å². The van der Waals surface area contributed by atoms with Crippen molar-refractivity contribution >= 4 is 23.5 Å². The largest absolute Gasteiger partial charge is 0.482 e. The zero-order chi connectivity index (χ0) is 17.7. The number of hydrogen-bond donors (Lipinski definition) is 0. The highest BCUT2D eigenvalue weighted by molar-refractivity contribution is 6.30. The maximum atomic E-state index is 12.3. The van der Waals surface area contributed by atoms with Gasteiger partial charge in [-0.1, -0.05) is 11.6 Å². The standard InChI is InChI=1S/C18H24ClNO4/c1-12-9-15(19)7-8-16(12)23-11-18(22)24-10-17(21)20-13(2)5-4-6-14(20)3/h7-9,13-14H,4-6,10-11H2,1-3H3. The summed E-state index contributed by atoms with van der Waals surface area (Å²) in [7, 11) is 0. The zero-order valence-electron chi connectivity index (χ0n) is 14.4. The number of amides is 1. The molecule has 24 heavy (non-hydrogen) atoms. The number of likely N-dealkylation sites (tertiary alicyclic amines) is 1. The number of esters is 1. The van der Waals surface area contributed by atoms with Crippen molar-refractivity contribution in [1.82, 2.24) is 4.90 Å². The molecule has 0 N–H and O–H groups in total. The van der Waals surface area contributed by atoms with E-state index < -0.39 is 5.97 Å². The van der Waals surface area contributed by atoms with E-state index in [-0.39, 0.29) is 31.2 Å². The van der Waals surface area contributed by atoms with Crippen LogP contribution in [-0.4, -0.2) is 42.1 Å². The Morgan fingerprint density at radius 3 is 2.50 bits per heavy atom. The average molecular weight is 354 g/mol. The number of piperidine rings is 1. The van der Waals surface area contributed by atoms with E-state index in [1.165, 1.54) is 0 Å². The maximum absolute atomic E-state index is 12.3. The normalized spacial score (nSPS) is 20.6. The molecule has 1 amide bonds. The summed E-state index contributed by atoms with van der Waals surface area (Å²) < 4.78 is 10.5. The van der Waals surface area contributed by atoms with Gasteiger partial charge in [-0.25, -0.2) is 4.79 Å². The fourth-order valence-electron chi connectivity index (χ4n) is 3.08. The number of carbonyl (C=O) groups is 2. The van der Waals surface area contributed by atoms with Gasteiger partial charge in [0.1, 0.15) is 5.75 Å². The van der Waals surface area contributed by atoms with Crippen molar-refractivity contribution in [1.29, 1.82) is 0 Å². The number of ether oxygens (including phenoxy) is 2. The lowest BCUT2D eigenvalue weighted by atomic mass is 9.97. The molecule has 1 fully saturated rings. The third-order valence-electron chi connectivity index (χ3n) is 4.32. The van der Waals surface area contributed by atoms with E-state index >= 15 is 0 Å². The molecule has 0 bridgehead atoms. The molecular formula is C18H24ClNO4. The molecule has 1 aliphatic heterocycles. The fourth-order valence-corrected chi connectivity index (χ4v) is 3.31. The van der Waals surface area contributed by atoms with E-state index in [9.17, 15) is 9.59 Å². The van der Waals surface area contributed by atoms with E-state index in [1.807, 2.05) is 25.7 Å². The Balaban J connectivity index is 1.79. The first-order valence-electron chi connectivity index (χ1n) is 8.24. The van der Waals surface area contributed by atoms with Crippen LogP contribution < -0.4 is 4.74 Å². The van der Waals surface area contributed by atoms with Gasteiger partial charge in [0, 0.05) is 17.1 Å². The zero-order valence-corrected chi connectivity index (χ0v) is 15.1. The van der Waals surface area contributed by atoms with Gasteiger partial charge in [-0.3, -0.25) is 4.79 Å². The lowest BCUT2D eigenvalue weighted by Gasteiger charge is -2.38. The van der Waals surface area contributed by atoms with Gasteiger partial charge in [-0.2, -0.15) is 0 Å². The molecule has 132 valence electrons. The predicted octanol–water partition coefficient (Wildman–Crippen LogP) is 3.36. The van der Waals surface area contributed by atoms with Crippen molar-refractivity contribution in [2.75, 3.05) is 13.2 Å². The van der Waals surface area contributed by atoms with Crippen LogP contribution in [0.15, 0.2) is 18.2 Å². The Bertz CT molecular complexity index is 595. The predicted molar refractivity (Wildman–Crippen MR) is 92.3 cm³/mol. The number of nitrogens with zero attached hydrogens (tertiary/aromatic N) is 1. The molecule has 2 atom stereocenters. The van der Waals surface area contributed by atoms with Crippen LogP contribution in [-0.2, 0) is 14.3 Å². The minimum atomic E-state index is -0.560. The van der Waals surface area contributed by atoms with Gasteiger partial charge in [0.05, 0.1) is 0 Å². The molecule has 1 aromatic rings. The van der Waals surface area contributed by atoms with Crippen LogP contribution in [0.2, 0.25) is 5.02 Å². The van der Waals surface area contributed by atoms with E-state index in [1.54, 1.807) is 18.2 Å². The van der Waals surface area contributed by atoms with Gasteiger partial charge >= 0.3 is 5.97 Å². The maximum Gasteiger partial charge on any atom is 0.344 e. The smallest absolute Gasteiger partial charge is 0.344 e. The highest BCUT2D eigenvalue weighted by atomic mass is 35.5. The third-order valence-corrected chi connectivity index (χ3v) is 4.56. The van der Waals surface area contributed by atoms with Crippen molar-refractivity contribution < 1.29 is 19.1 Å². The molecule has 2 rings (SSSR count). The highest BCUT2D eigenvalue weighted by Crippen LogP contribution is 2.23. The first kappa shape index (κ1) is 18.6. The summed E-state index contributed by atoms with van der Waals surface area (Å²) in [4.78, 5) is 25.9. The summed E-state index contributed by atoms with van der Waals surface area (Å²) in [6.07, 6.45) is 3.10. The van der Waals surface area contributed by atoms with Crippen LogP contribution in [0, 0.1) is 6.92 Å². The molecule has 6 heteroatoms. The van der Waals surface area contributed by atoms with Gasteiger partial charge in [-0.15, -0.1) is 0 Å². The van der Waals surface area contributed by atoms with Gasteiger partial charge in [-0.05, 0) is 63.8 Å². The minimum Gasteiger partial charge on any atom is -0.482 e. The van der Waals surface area contributed by atoms with Crippen molar-refractivity contribution in [3.8, 4) is 5.75 Å². The van der Waals surface area contributed by atoms with E-state index in [4.69, 9.17) is 21.1 Å². The molecule has 0 radical (unpaired) electrons. The van der Waals surface area contributed by atoms with Crippen molar-refractivity contribution in [2.24, 2.45) is 0 Å². The molecule has 2 unspecified atom stereocenters. The molecule has 0 aliphatic carbocycles. The molecule has 1 aliphatic rings. The van der Waals surface area contributed by atoms with Gasteiger partial charge in [0.15, 0.2) is 13.2 Å². The second-order valence-corrected chi connectivity index (χ2v) is 6.73. The van der Waals surface area contributed by atoms with Crippen LogP contribution in [0.3, 0.4) is 0 Å². The summed E-state index contributed by atoms with van der Waals surface area (Å²) in [5.74, 6) is -0.137. The first-order valence-corrected chi connectivity index (χ1v) is 8.62. The summed E-state index contributed by atoms with van der Waals surface area (Å²) >= 11 is 5.87. The highest BCUT2D eigenvalue weighted by Gasteiger charge is 2.29. The summed E-state index contributed by atoms with van der Waals surface area (Å²) in [6, 6.07) is 5.52. The third kappa shape index (κ3) is 4.87. The number of benzene rings is 1. The van der Waals surface area contributed by atoms with E-state index in [2.05, 4.69) is 0 Å². The van der Waals surface area contributed by atoms with Crippen molar-refractivity contribution in [2.45, 2.75) is 52.1 Å². The fraction of sp³-hybridized carbons (Fsp3) is 0.556. The second-order valence-electron chi connectivity index (χ2n) is 6.29. The molecule has 1 heterocycles. The number of rotatable bonds is 5. The Labute approximate surface area is 147 Å². The quantitative estimate of drug-likeness (QED) is 0.762. The minimum absolute atomic E-state index is 0.147. The molecule has 1 aromatic carbocycles. The lowest BCUT2D eigenvalue weighted by Crippen LogP contribution is -2.49. The number of hydrogen-bond acceptors (Lipinski definition) is 4. The number of halogens is 1. The molecule has 1 saturated heterocycles.